The molecule has 1 rings (SSSR count). The van der Waals surface area contributed by atoms with E-state index in [-0.39, 0.29) is 12.6 Å². The number of imidazole rings is 1. The maximum absolute atomic E-state index is 10.6. The van der Waals surface area contributed by atoms with Crippen molar-refractivity contribution in [3.05, 3.63) is 22.5 Å². The van der Waals surface area contributed by atoms with Crippen LogP contribution in [0.2, 0.25) is 0 Å². The molecule has 1 heterocycles. The maximum atomic E-state index is 10.6. The zero-order valence-corrected chi connectivity index (χ0v) is 11.1. The Labute approximate surface area is 116 Å². The molecular weight excluding hydrogens is 266 g/mol. The molecule has 0 amide bonds. The summed E-state index contributed by atoms with van der Waals surface area (Å²) in [4.78, 5) is 13.7. The molecule has 0 fully saturated rings. The summed E-state index contributed by atoms with van der Waals surface area (Å²) < 4.78 is 17.0. The number of hydrogen-bond donors (Lipinski definition) is 0. The lowest BCUT2D eigenvalue weighted by atomic mass is 10.6. The van der Waals surface area contributed by atoms with Crippen LogP contribution in [-0.2, 0) is 20.8 Å². The van der Waals surface area contributed by atoms with Crippen LogP contribution < -0.4 is 0 Å². The summed E-state index contributed by atoms with van der Waals surface area (Å²) in [6, 6.07) is 0. The van der Waals surface area contributed by atoms with E-state index in [1.807, 2.05) is 0 Å². The van der Waals surface area contributed by atoms with E-state index in [2.05, 4.69) is 10.9 Å². The topological polar surface area (TPSA) is 88.7 Å². The van der Waals surface area contributed by atoms with Crippen molar-refractivity contribution < 1.29 is 19.1 Å². The van der Waals surface area contributed by atoms with Crippen molar-refractivity contribution in [3.63, 3.8) is 0 Å². The fourth-order valence-corrected chi connectivity index (χ4v) is 1.38. The Morgan fingerprint density at radius 2 is 1.90 bits per heavy atom. The molecule has 110 valence electrons. The van der Waals surface area contributed by atoms with Gasteiger partial charge in [0.15, 0.2) is 0 Å². The van der Waals surface area contributed by atoms with Gasteiger partial charge in [0.05, 0.1) is 39.6 Å². The molecule has 0 aliphatic rings. The smallest absolute Gasteiger partial charge is 0.390 e. The second-order valence-corrected chi connectivity index (χ2v) is 3.66. The Kier molecular flexibility index (Phi) is 7.98. The van der Waals surface area contributed by atoms with Crippen molar-refractivity contribution in [3.8, 4) is 12.3 Å². The maximum Gasteiger partial charge on any atom is 0.434 e. The molecule has 8 nitrogen and oxygen atoms in total. The number of hydrogen-bond acceptors (Lipinski definition) is 6. The lowest BCUT2D eigenvalue weighted by molar-refractivity contribution is -0.396. The Hall–Kier alpha value is -1.95. The van der Waals surface area contributed by atoms with Gasteiger partial charge in [-0.1, -0.05) is 10.9 Å². The normalized spacial score (nSPS) is 10.3. The van der Waals surface area contributed by atoms with Crippen LogP contribution in [0, 0.1) is 22.5 Å². The molecule has 1 aromatic rings. The first-order valence-electron chi connectivity index (χ1n) is 6.08. The molecule has 0 aliphatic heterocycles. The van der Waals surface area contributed by atoms with Gasteiger partial charge in [0, 0.05) is 0 Å². The second kappa shape index (κ2) is 9.91. The third kappa shape index (κ3) is 6.29. The minimum absolute atomic E-state index is 0.185. The van der Waals surface area contributed by atoms with Crippen LogP contribution >= 0.6 is 0 Å². The van der Waals surface area contributed by atoms with Crippen molar-refractivity contribution in [2.45, 2.75) is 6.54 Å². The number of ether oxygens (including phenoxy) is 3. The molecule has 0 radical (unpaired) electrons. The van der Waals surface area contributed by atoms with Crippen LogP contribution in [0.25, 0.3) is 0 Å². The Morgan fingerprint density at radius 3 is 2.55 bits per heavy atom. The van der Waals surface area contributed by atoms with Gasteiger partial charge in [-0.05, 0) is 4.92 Å². The van der Waals surface area contributed by atoms with E-state index >= 15 is 0 Å². The number of rotatable bonds is 11. The lowest BCUT2D eigenvalue weighted by Gasteiger charge is -2.05. The summed E-state index contributed by atoms with van der Waals surface area (Å²) >= 11 is 0. The Balaban J connectivity index is 1.98. The highest BCUT2D eigenvalue weighted by molar-refractivity contribution is 5.06. The zero-order valence-electron chi connectivity index (χ0n) is 11.1. The quantitative estimate of drug-likeness (QED) is 0.254. The monoisotopic (exact) mass is 283 g/mol. The summed E-state index contributed by atoms with van der Waals surface area (Å²) in [5.41, 5.74) is 0. The SMILES string of the molecule is C#CCOCCOCCOCCn1ccnc1[N+](=O)[O-]. The minimum atomic E-state index is -0.528. The number of terminal acetylenes is 1. The number of aromatic nitrogens is 2. The van der Waals surface area contributed by atoms with Crippen LogP contribution in [0.4, 0.5) is 5.95 Å². The van der Waals surface area contributed by atoms with Crippen molar-refractivity contribution >= 4 is 5.95 Å². The van der Waals surface area contributed by atoms with Gasteiger partial charge in [0.1, 0.15) is 19.0 Å². The van der Waals surface area contributed by atoms with E-state index in [9.17, 15) is 10.1 Å². The molecule has 0 aliphatic carbocycles. The van der Waals surface area contributed by atoms with Gasteiger partial charge in [-0.25, -0.2) is 4.57 Å². The van der Waals surface area contributed by atoms with Crippen LogP contribution in [0.1, 0.15) is 0 Å². The Bertz CT molecular complexity index is 441. The van der Waals surface area contributed by atoms with E-state index in [4.69, 9.17) is 20.6 Å². The molecule has 8 heteroatoms. The summed E-state index contributed by atoms with van der Waals surface area (Å²) in [5, 5.41) is 10.6. The van der Waals surface area contributed by atoms with E-state index in [0.717, 1.165) is 0 Å². The Morgan fingerprint density at radius 1 is 1.25 bits per heavy atom. The average Bonchev–Trinajstić information content (AvgIpc) is 2.89. The third-order valence-electron chi connectivity index (χ3n) is 2.26. The van der Waals surface area contributed by atoms with Crippen molar-refractivity contribution in [2.75, 3.05) is 39.6 Å². The molecule has 0 saturated carbocycles. The van der Waals surface area contributed by atoms with Crippen LogP contribution in [0.15, 0.2) is 12.4 Å². The zero-order chi connectivity index (χ0) is 14.6. The largest absolute Gasteiger partial charge is 0.434 e. The van der Waals surface area contributed by atoms with Crippen molar-refractivity contribution in [1.29, 1.82) is 0 Å². The first-order chi connectivity index (χ1) is 9.75. The minimum Gasteiger partial charge on any atom is -0.390 e. The van der Waals surface area contributed by atoms with E-state index in [1.54, 1.807) is 6.20 Å². The third-order valence-corrected chi connectivity index (χ3v) is 2.26. The predicted molar refractivity (Wildman–Crippen MR) is 70.2 cm³/mol. The van der Waals surface area contributed by atoms with E-state index < -0.39 is 4.92 Å². The first kappa shape index (κ1) is 16.1. The van der Waals surface area contributed by atoms with Gasteiger partial charge < -0.3 is 24.3 Å². The van der Waals surface area contributed by atoms with Gasteiger partial charge in [-0.15, -0.1) is 6.42 Å². The highest BCUT2D eigenvalue weighted by Gasteiger charge is 2.12. The second-order valence-electron chi connectivity index (χ2n) is 3.66. The van der Waals surface area contributed by atoms with Crippen LogP contribution in [0.3, 0.4) is 0 Å². The molecule has 0 N–H and O–H groups in total. The number of nitrogens with zero attached hydrogens (tertiary/aromatic N) is 3. The van der Waals surface area contributed by atoms with Crippen molar-refractivity contribution in [1.82, 2.24) is 9.55 Å². The first-order valence-corrected chi connectivity index (χ1v) is 6.08. The summed E-state index contributed by atoms with van der Waals surface area (Å²) in [6.45, 7) is 2.77. The fourth-order valence-electron chi connectivity index (χ4n) is 1.38. The van der Waals surface area contributed by atoms with E-state index in [0.29, 0.717) is 39.6 Å². The molecule has 0 spiro atoms. The molecule has 0 atom stereocenters. The number of nitro groups is 1. The molecule has 20 heavy (non-hydrogen) atoms. The molecule has 0 unspecified atom stereocenters. The molecule has 0 bridgehead atoms. The van der Waals surface area contributed by atoms with Gasteiger partial charge in [0.25, 0.3) is 0 Å². The van der Waals surface area contributed by atoms with Gasteiger partial charge in [0.2, 0.25) is 0 Å². The standard InChI is InChI=1S/C12H17N3O5/c1-2-6-18-8-10-20-11-9-19-7-5-14-4-3-13-12(14)15(16)17/h1,3-4H,5-11H2. The highest BCUT2D eigenvalue weighted by Crippen LogP contribution is 2.06. The van der Waals surface area contributed by atoms with Gasteiger partial charge in [-0.3, -0.25) is 0 Å². The highest BCUT2D eigenvalue weighted by atomic mass is 16.6. The lowest BCUT2D eigenvalue weighted by Crippen LogP contribution is -2.12. The fraction of sp³-hybridized carbons (Fsp3) is 0.583. The van der Waals surface area contributed by atoms with E-state index in [1.165, 1.54) is 10.8 Å². The summed E-state index contributed by atoms with van der Waals surface area (Å²) in [7, 11) is 0. The van der Waals surface area contributed by atoms with Gasteiger partial charge >= 0.3 is 5.95 Å². The van der Waals surface area contributed by atoms with Crippen LogP contribution in [0.5, 0.6) is 0 Å². The predicted octanol–water partition coefficient (Wildman–Crippen LogP) is 0.474. The summed E-state index contributed by atoms with van der Waals surface area (Å²) in [5.74, 6) is 2.17. The van der Waals surface area contributed by atoms with Crippen molar-refractivity contribution in [2.24, 2.45) is 0 Å². The summed E-state index contributed by atoms with van der Waals surface area (Å²) in [6.07, 6.45) is 7.94. The molecular formula is C12H17N3O5. The van der Waals surface area contributed by atoms with Crippen LogP contribution in [-0.4, -0.2) is 54.1 Å². The molecule has 1 aromatic heterocycles. The molecule has 0 aromatic carbocycles. The average molecular weight is 283 g/mol. The molecule has 0 saturated heterocycles. The van der Waals surface area contributed by atoms with Gasteiger partial charge in [-0.2, -0.15) is 0 Å².